The summed E-state index contributed by atoms with van der Waals surface area (Å²) in [5, 5.41) is 4.03. The number of nitrogens with two attached hydrogens (primary N) is 1. The number of nitrogen functional groups attached to an aromatic ring is 1. The van der Waals surface area contributed by atoms with E-state index in [1.807, 2.05) is 0 Å². The van der Waals surface area contributed by atoms with E-state index in [0.717, 1.165) is 19.5 Å². The Balaban J connectivity index is 2.35. The summed E-state index contributed by atoms with van der Waals surface area (Å²) in [6, 6.07) is 0. The van der Waals surface area contributed by atoms with Crippen molar-refractivity contribution in [3.8, 4) is 0 Å². The normalized spacial score (nSPS) is 14.0. The lowest BCUT2D eigenvalue weighted by Crippen LogP contribution is -2.23. The lowest BCUT2D eigenvalue weighted by Gasteiger charge is -2.22. The minimum absolute atomic E-state index is 0.0851. The number of thiophene rings is 1. The zero-order chi connectivity index (χ0) is 15.4. The standard InChI is InChI=1S/C16H25N3OS/c1-4-9-18-15(20)14-13(17)12(11-7-8-11)16(21-14)19(6-3)10-5-2/h4,11H,1,5-10,17H2,2-3H3,(H,18,20). The SMILES string of the molecule is C=CCNC(=O)c1sc(N(CC)CCC)c(C2CC2)c1N. The van der Waals surface area contributed by atoms with Crippen LogP contribution >= 0.6 is 11.3 Å². The fourth-order valence-electron chi connectivity index (χ4n) is 2.53. The second-order valence-corrected chi connectivity index (χ2v) is 6.42. The molecule has 1 heterocycles. The largest absolute Gasteiger partial charge is 0.397 e. The number of rotatable bonds is 8. The quantitative estimate of drug-likeness (QED) is 0.724. The van der Waals surface area contributed by atoms with Gasteiger partial charge in [0.15, 0.2) is 0 Å². The van der Waals surface area contributed by atoms with Crippen LogP contribution < -0.4 is 16.0 Å². The molecular weight excluding hydrogens is 282 g/mol. The third-order valence-electron chi connectivity index (χ3n) is 3.73. The number of nitrogens with zero attached hydrogens (tertiary/aromatic N) is 1. The molecule has 1 aliphatic rings. The highest BCUT2D eigenvalue weighted by atomic mass is 32.1. The van der Waals surface area contributed by atoms with Crippen molar-refractivity contribution in [1.29, 1.82) is 0 Å². The summed E-state index contributed by atoms with van der Waals surface area (Å²) in [6.45, 7) is 10.4. The van der Waals surface area contributed by atoms with Crippen LogP contribution in [-0.4, -0.2) is 25.5 Å². The van der Waals surface area contributed by atoms with Gasteiger partial charge in [0.05, 0.1) is 10.7 Å². The lowest BCUT2D eigenvalue weighted by atomic mass is 10.1. The van der Waals surface area contributed by atoms with Gasteiger partial charge in [-0.3, -0.25) is 4.79 Å². The maximum absolute atomic E-state index is 12.3. The van der Waals surface area contributed by atoms with E-state index in [9.17, 15) is 4.79 Å². The molecule has 5 heteroatoms. The van der Waals surface area contributed by atoms with Crippen molar-refractivity contribution >= 4 is 27.9 Å². The molecule has 0 radical (unpaired) electrons. The summed E-state index contributed by atoms with van der Waals surface area (Å²) in [4.78, 5) is 15.3. The number of amides is 1. The minimum Gasteiger partial charge on any atom is -0.397 e. The van der Waals surface area contributed by atoms with Gasteiger partial charge in [-0.05, 0) is 32.1 Å². The zero-order valence-corrected chi connectivity index (χ0v) is 13.8. The van der Waals surface area contributed by atoms with Crippen molar-refractivity contribution in [2.24, 2.45) is 0 Å². The maximum atomic E-state index is 12.3. The molecule has 0 spiro atoms. The average Bonchev–Trinajstić information content (AvgIpc) is 3.25. The van der Waals surface area contributed by atoms with E-state index in [2.05, 4.69) is 30.6 Å². The average molecular weight is 307 g/mol. The smallest absolute Gasteiger partial charge is 0.263 e. The van der Waals surface area contributed by atoms with Gasteiger partial charge < -0.3 is 16.0 Å². The van der Waals surface area contributed by atoms with Crippen LogP contribution in [0.1, 0.15) is 54.3 Å². The molecule has 0 bridgehead atoms. The van der Waals surface area contributed by atoms with Gasteiger partial charge in [0.1, 0.15) is 4.88 Å². The number of anilines is 2. The number of nitrogens with one attached hydrogen (secondary N) is 1. The molecule has 116 valence electrons. The summed E-state index contributed by atoms with van der Waals surface area (Å²) in [7, 11) is 0. The highest BCUT2D eigenvalue weighted by molar-refractivity contribution is 7.18. The van der Waals surface area contributed by atoms with Crippen LogP contribution in [0.3, 0.4) is 0 Å². The van der Waals surface area contributed by atoms with Crippen molar-refractivity contribution in [3.05, 3.63) is 23.1 Å². The third-order valence-corrected chi connectivity index (χ3v) is 5.01. The van der Waals surface area contributed by atoms with Crippen molar-refractivity contribution in [2.45, 2.75) is 39.0 Å². The summed E-state index contributed by atoms with van der Waals surface area (Å²) < 4.78 is 0. The Morgan fingerprint density at radius 3 is 2.76 bits per heavy atom. The van der Waals surface area contributed by atoms with Gasteiger partial charge in [0.25, 0.3) is 5.91 Å². The number of carbonyl (C=O) groups is 1. The first kappa shape index (κ1) is 15.9. The van der Waals surface area contributed by atoms with E-state index in [1.54, 1.807) is 17.4 Å². The Bertz CT molecular complexity index is 520. The maximum Gasteiger partial charge on any atom is 0.263 e. The molecule has 1 saturated carbocycles. The van der Waals surface area contributed by atoms with E-state index in [4.69, 9.17) is 5.73 Å². The second kappa shape index (κ2) is 6.98. The topological polar surface area (TPSA) is 58.4 Å². The summed E-state index contributed by atoms with van der Waals surface area (Å²) in [5.74, 6) is 0.459. The molecule has 4 nitrogen and oxygen atoms in total. The Kier molecular flexibility index (Phi) is 5.28. The molecule has 0 aromatic carbocycles. The van der Waals surface area contributed by atoms with Gasteiger partial charge >= 0.3 is 0 Å². The second-order valence-electron chi connectivity index (χ2n) is 5.42. The molecule has 21 heavy (non-hydrogen) atoms. The molecule has 0 saturated heterocycles. The van der Waals surface area contributed by atoms with Gasteiger partial charge in [0, 0.05) is 25.2 Å². The van der Waals surface area contributed by atoms with Crippen molar-refractivity contribution in [3.63, 3.8) is 0 Å². The summed E-state index contributed by atoms with van der Waals surface area (Å²) >= 11 is 1.54. The molecular formula is C16H25N3OS. The fraction of sp³-hybridized carbons (Fsp3) is 0.562. The van der Waals surface area contributed by atoms with Gasteiger partial charge in [-0.25, -0.2) is 0 Å². The Morgan fingerprint density at radius 1 is 1.52 bits per heavy atom. The van der Waals surface area contributed by atoms with Crippen molar-refractivity contribution < 1.29 is 4.79 Å². The predicted molar refractivity (Wildman–Crippen MR) is 91.4 cm³/mol. The predicted octanol–water partition coefficient (Wildman–Crippen LogP) is 3.36. The monoisotopic (exact) mass is 307 g/mol. The molecule has 0 unspecified atom stereocenters. The molecule has 2 rings (SSSR count). The highest BCUT2D eigenvalue weighted by Gasteiger charge is 2.34. The molecule has 3 N–H and O–H groups in total. The molecule has 1 aromatic heterocycles. The zero-order valence-electron chi connectivity index (χ0n) is 12.9. The molecule has 1 amide bonds. The van der Waals surface area contributed by atoms with Gasteiger partial charge in [-0.2, -0.15) is 0 Å². The van der Waals surface area contributed by atoms with E-state index in [1.165, 1.54) is 23.4 Å². The van der Waals surface area contributed by atoms with Crippen molar-refractivity contribution in [2.75, 3.05) is 30.3 Å². The van der Waals surface area contributed by atoms with Crippen LogP contribution in [-0.2, 0) is 0 Å². The first-order valence-electron chi connectivity index (χ1n) is 7.70. The summed E-state index contributed by atoms with van der Waals surface area (Å²) in [6.07, 6.45) is 5.14. The van der Waals surface area contributed by atoms with Crippen LogP contribution in [0.2, 0.25) is 0 Å². The Morgan fingerprint density at radius 2 is 2.24 bits per heavy atom. The first-order chi connectivity index (χ1) is 10.1. The van der Waals surface area contributed by atoms with E-state index >= 15 is 0 Å². The van der Waals surface area contributed by atoms with E-state index < -0.39 is 0 Å². The fourth-order valence-corrected chi connectivity index (χ4v) is 3.85. The van der Waals surface area contributed by atoms with Crippen molar-refractivity contribution in [1.82, 2.24) is 5.32 Å². The molecule has 1 fully saturated rings. The van der Waals surface area contributed by atoms with Gasteiger partial charge in [-0.1, -0.05) is 13.0 Å². The van der Waals surface area contributed by atoms with Gasteiger partial charge in [-0.15, -0.1) is 17.9 Å². The van der Waals surface area contributed by atoms with Crippen LogP contribution in [0.5, 0.6) is 0 Å². The number of hydrogen-bond acceptors (Lipinski definition) is 4. The molecule has 0 atom stereocenters. The minimum atomic E-state index is -0.0851. The molecule has 1 aromatic rings. The summed E-state index contributed by atoms with van der Waals surface area (Å²) in [5.41, 5.74) is 8.20. The lowest BCUT2D eigenvalue weighted by molar-refractivity contribution is 0.0963. The first-order valence-corrected chi connectivity index (χ1v) is 8.51. The Hall–Kier alpha value is -1.49. The van der Waals surface area contributed by atoms with Crippen LogP contribution in [0.25, 0.3) is 0 Å². The van der Waals surface area contributed by atoms with E-state index in [0.29, 0.717) is 23.0 Å². The van der Waals surface area contributed by atoms with Crippen LogP contribution in [0.4, 0.5) is 10.7 Å². The number of hydrogen-bond donors (Lipinski definition) is 2. The van der Waals surface area contributed by atoms with Crippen LogP contribution in [0, 0.1) is 0 Å². The molecule has 0 aliphatic heterocycles. The van der Waals surface area contributed by atoms with E-state index in [-0.39, 0.29) is 5.91 Å². The number of carbonyl (C=O) groups excluding carboxylic acids is 1. The van der Waals surface area contributed by atoms with Gasteiger partial charge in [0.2, 0.25) is 0 Å². The Labute approximate surface area is 131 Å². The molecule has 1 aliphatic carbocycles. The highest BCUT2D eigenvalue weighted by Crippen LogP contribution is 2.51. The third kappa shape index (κ3) is 3.40. The van der Waals surface area contributed by atoms with Crippen LogP contribution in [0.15, 0.2) is 12.7 Å².